The van der Waals surface area contributed by atoms with Gasteiger partial charge in [0.05, 0.1) is 5.51 Å². The first kappa shape index (κ1) is 6.87. The van der Waals surface area contributed by atoms with Gasteiger partial charge in [-0.3, -0.25) is 0 Å². The van der Waals surface area contributed by atoms with Crippen LogP contribution in [0.1, 0.15) is 5.82 Å². The average Bonchev–Trinajstić information content (AvgIpc) is 2.34. The van der Waals surface area contributed by atoms with Crippen LogP contribution in [-0.4, -0.2) is 15.0 Å². The molecule has 0 aliphatic heterocycles. The summed E-state index contributed by atoms with van der Waals surface area (Å²) in [4.78, 5) is 12.2. The molecular formula is C6H5N3S2. The van der Waals surface area contributed by atoms with Gasteiger partial charge in [0, 0.05) is 0 Å². The number of aromatic nitrogens is 3. The highest BCUT2D eigenvalue weighted by Crippen LogP contribution is 2.14. The molecule has 0 unspecified atom stereocenters. The second kappa shape index (κ2) is 2.35. The molecule has 56 valence electrons. The highest BCUT2D eigenvalue weighted by molar-refractivity contribution is 7.71. The van der Waals surface area contributed by atoms with Crippen LogP contribution in [0.2, 0.25) is 0 Å². The van der Waals surface area contributed by atoms with E-state index in [2.05, 4.69) is 15.0 Å². The maximum absolute atomic E-state index is 5.04. The van der Waals surface area contributed by atoms with Gasteiger partial charge in [-0.05, 0) is 6.92 Å². The largest absolute Gasteiger partial charge is 0.333 e. The van der Waals surface area contributed by atoms with Crippen molar-refractivity contribution < 1.29 is 0 Å². The van der Waals surface area contributed by atoms with Crippen LogP contribution >= 0.6 is 23.6 Å². The number of thiazole rings is 1. The molecule has 0 aromatic carbocycles. The van der Waals surface area contributed by atoms with E-state index >= 15 is 0 Å². The number of H-pyrrole nitrogens is 1. The first-order valence-corrected chi connectivity index (χ1v) is 4.36. The van der Waals surface area contributed by atoms with Gasteiger partial charge in [-0.1, -0.05) is 12.2 Å². The van der Waals surface area contributed by atoms with Crippen molar-refractivity contribution in [3.63, 3.8) is 0 Å². The molecule has 0 aliphatic carbocycles. The van der Waals surface area contributed by atoms with Gasteiger partial charge < -0.3 is 4.98 Å². The molecule has 0 amide bonds. The fourth-order valence-electron chi connectivity index (χ4n) is 0.879. The quantitative estimate of drug-likeness (QED) is 0.636. The predicted molar refractivity (Wildman–Crippen MR) is 47.3 cm³/mol. The zero-order chi connectivity index (χ0) is 7.84. The second-order valence-corrected chi connectivity index (χ2v) is 3.40. The van der Waals surface area contributed by atoms with Crippen LogP contribution < -0.4 is 0 Å². The normalized spacial score (nSPS) is 10.6. The van der Waals surface area contributed by atoms with Gasteiger partial charge in [0.25, 0.3) is 0 Å². The summed E-state index contributed by atoms with van der Waals surface area (Å²) in [6, 6.07) is 0. The minimum atomic E-state index is 0.675. The van der Waals surface area contributed by atoms with E-state index in [-0.39, 0.29) is 0 Å². The van der Waals surface area contributed by atoms with Crippen molar-refractivity contribution in [1.82, 2.24) is 15.0 Å². The summed E-state index contributed by atoms with van der Waals surface area (Å²) in [6.45, 7) is 1.88. The molecule has 0 saturated heterocycles. The SMILES string of the molecule is Cc1nc2scnc2c(=S)[nH]1. The van der Waals surface area contributed by atoms with Gasteiger partial charge in [0.2, 0.25) is 0 Å². The lowest BCUT2D eigenvalue weighted by atomic mass is 10.5. The molecule has 5 heteroatoms. The molecule has 0 atom stereocenters. The number of fused-ring (bicyclic) bond motifs is 1. The van der Waals surface area contributed by atoms with Crippen molar-refractivity contribution in [2.75, 3.05) is 0 Å². The summed E-state index contributed by atoms with van der Waals surface area (Å²) in [5.74, 6) is 0.840. The molecule has 0 aliphatic rings. The monoisotopic (exact) mass is 183 g/mol. The Hall–Kier alpha value is -0.810. The van der Waals surface area contributed by atoms with Crippen LogP contribution in [0, 0.1) is 11.6 Å². The minimum Gasteiger partial charge on any atom is -0.333 e. The third-order valence-electron chi connectivity index (χ3n) is 1.33. The Morgan fingerprint density at radius 1 is 1.64 bits per heavy atom. The van der Waals surface area contributed by atoms with Crippen LogP contribution in [0.3, 0.4) is 0 Å². The zero-order valence-electron chi connectivity index (χ0n) is 5.79. The predicted octanol–water partition coefficient (Wildman–Crippen LogP) is 2.06. The number of aromatic amines is 1. The molecule has 0 bridgehead atoms. The van der Waals surface area contributed by atoms with Crippen molar-refractivity contribution in [2.45, 2.75) is 6.92 Å². The highest BCUT2D eigenvalue weighted by Gasteiger charge is 1.99. The molecule has 2 aromatic heterocycles. The Labute approximate surface area is 72.1 Å². The van der Waals surface area contributed by atoms with Crippen LogP contribution in [-0.2, 0) is 0 Å². The Bertz CT molecular complexity index is 442. The summed E-state index contributed by atoms with van der Waals surface area (Å²) in [7, 11) is 0. The van der Waals surface area contributed by atoms with Crippen molar-refractivity contribution in [1.29, 1.82) is 0 Å². The smallest absolute Gasteiger partial charge is 0.148 e. The highest BCUT2D eigenvalue weighted by atomic mass is 32.1. The Kier molecular flexibility index (Phi) is 1.47. The summed E-state index contributed by atoms with van der Waals surface area (Å²) in [5, 5.41) is 0. The third-order valence-corrected chi connectivity index (χ3v) is 2.34. The van der Waals surface area contributed by atoms with Crippen molar-refractivity contribution >= 4 is 33.9 Å². The first-order chi connectivity index (χ1) is 5.27. The lowest BCUT2D eigenvalue weighted by Crippen LogP contribution is -1.86. The van der Waals surface area contributed by atoms with Gasteiger partial charge in [0.15, 0.2) is 0 Å². The topological polar surface area (TPSA) is 41.6 Å². The van der Waals surface area contributed by atoms with Gasteiger partial charge in [-0.25, -0.2) is 9.97 Å². The maximum atomic E-state index is 5.04. The van der Waals surface area contributed by atoms with Crippen LogP contribution in [0.25, 0.3) is 10.3 Å². The molecule has 2 aromatic rings. The fraction of sp³-hybridized carbons (Fsp3) is 0.167. The molecule has 11 heavy (non-hydrogen) atoms. The van der Waals surface area contributed by atoms with Crippen molar-refractivity contribution in [3.05, 3.63) is 16.0 Å². The van der Waals surface area contributed by atoms with E-state index in [9.17, 15) is 0 Å². The lowest BCUT2D eigenvalue weighted by molar-refractivity contribution is 1.08. The van der Waals surface area contributed by atoms with Gasteiger partial charge in [-0.2, -0.15) is 0 Å². The molecule has 0 spiro atoms. The molecule has 0 fully saturated rings. The number of rotatable bonds is 0. The first-order valence-electron chi connectivity index (χ1n) is 3.07. The molecule has 1 N–H and O–H groups in total. The number of hydrogen-bond acceptors (Lipinski definition) is 4. The van der Waals surface area contributed by atoms with Crippen LogP contribution in [0.4, 0.5) is 0 Å². The van der Waals surface area contributed by atoms with E-state index in [1.807, 2.05) is 6.92 Å². The average molecular weight is 183 g/mol. The van der Waals surface area contributed by atoms with Crippen LogP contribution in [0.15, 0.2) is 5.51 Å². The summed E-state index contributed by atoms with van der Waals surface area (Å²) >= 11 is 6.55. The molecular weight excluding hydrogens is 178 g/mol. The summed E-state index contributed by atoms with van der Waals surface area (Å²) < 4.78 is 0.675. The molecule has 3 nitrogen and oxygen atoms in total. The Balaban J connectivity index is 3.02. The van der Waals surface area contributed by atoms with E-state index in [1.165, 1.54) is 11.3 Å². The van der Waals surface area contributed by atoms with Crippen molar-refractivity contribution in [3.8, 4) is 0 Å². The Morgan fingerprint density at radius 2 is 2.45 bits per heavy atom. The number of hydrogen-bond donors (Lipinski definition) is 1. The molecule has 2 rings (SSSR count). The van der Waals surface area contributed by atoms with Crippen molar-refractivity contribution in [2.24, 2.45) is 0 Å². The third kappa shape index (κ3) is 1.06. The minimum absolute atomic E-state index is 0.675. The maximum Gasteiger partial charge on any atom is 0.148 e. The van der Waals surface area contributed by atoms with Gasteiger partial charge >= 0.3 is 0 Å². The number of nitrogens with one attached hydrogen (secondary N) is 1. The van der Waals surface area contributed by atoms with E-state index < -0.39 is 0 Å². The Morgan fingerprint density at radius 3 is 3.27 bits per heavy atom. The van der Waals surface area contributed by atoms with Gasteiger partial charge in [-0.15, -0.1) is 11.3 Å². The van der Waals surface area contributed by atoms with E-state index in [0.717, 1.165) is 16.2 Å². The fourth-order valence-corrected chi connectivity index (χ4v) is 1.95. The second-order valence-electron chi connectivity index (χ2n) is 2.16. The lowest BCUT2D eigenvalue weighted by Gasteiger charge is -1.91. The number of nitrogens with zero attached hydrogens (tertiary/aromatic N) is 2. The van der Waals surface area contributed by atoms with E-state index in [0.29, 0.717) is 4.64 Å². The molecule has 0 saturated carbocycles. The molecule has 2 heterocycles. The zero-order valence-corrected chi connectivity index (χ0v) is 7.42. The van der Waals surface area contributed by atoms with E-state index in [1.54, 1.807) is 5.51 Å². The van der Waals surface area contributed by atoms with Gasteiger partial charge in [0.1, 0.15) is 20.8 Å². The summed E-state index contributed by atoms with van der Waals surface area (Å²) in [6.07, 6.45) is 0. The molecule has 0 radical (unpaired) electrons. The van der Waals surface area contributed by atoms with E-state index in [4.69, 9.17) is 12.2 Å². The summed E-state index contributed by atoms with van der Waals surface area (Å²) in [5.41, 5.74) is 2.55. The standard InChI is InChI=1S/C6H5N3S2/c1-3-8-5(10)4-6(9-3)11-2-7-4/h2H,1H3,(H,8,9,10). The number of aryl methyl sites for hydroxylation is 1. The van der Waals surface area contributed by atoms with Crippen LogP contribution in [0.5, 0.6) is 0 Å².